The summed E-state index contributed by atoms with van der Waals surface area (Å²) in [5.74, 6) is -0.299. The molecule has 0 fully saturated rings. The van der Waals surface area contributed by atoms with Crippen molar-refractivity contribution in [1.82, 2.24) is 5.32 Å². The van der Waals surface area contributed by atoms with E-state index in [1.54, 1.807) is 36.4 Å². The standard InChI is InChI=1S/C25H21FN2O2/c1-18(20-9-3-2-4-10-20)28-25(29)22(16-27)15-21-11-5-6-13-24(21)30-17-19-8-7-12-23(26)14-19/h2-15,18H,17H2,1H3,(H,28,29)/b22-15-/t18-/m1/s1. The molecular formula is C25H21FN2O2. The molecule has 30 heavy (non-hydrogen) atoms. The van der Waals surface area contributed by atoms with Crippen molar-refractivity contribution in [3.05, 3.63) is 107 Å². The van der Waals surface area contributed by atoms with Crippen LogP contribution in [-0.4, -0.2) is 5.91 Å². The van der Waals surface area contributed by atoms with Crippen LogP contribution >= 0.6 is 0 Å². The van der Waals surface area contributed by atoms with E-state index in [0.29, 0.717) is 16.9 Å². The second-order valence-corrected chi connectivity index (χ2v) is 6.73. The molecule has 0 saturated carbocycles. The molecule has 0 aliphatic rings. The quantitative estimate of drug-likeness (QED) is 0.439. The van der Waals surface area contributed by atoms with Crippen LogP contribution in [-0.2, 0) is 11.4 Å². The number of nitriles is 1. The van der Waals surface area contributed by atoms with Gasteiger partial charge in [-0.25, -0.2) is 4.39 Å². The first-order chi connectivity index (χ1) is 14.6. The lowest BCUT2D eigenvalue weighted by Crippen LogP contribution is -2.27. The highest BCUT2D eigenvalue weighted by molar-refractivity contribution is 6.02. The molecule has 1 atom stereocenters. The lowest BCUT2D eigenvalue weighted by Gasteiger charge is -2.14. The van der Waals surface area contributed by atoms with Gasteiger partial charge >= 0.3 is 0 Å². The van der Waals surface area contributed by atoms with Crippen LogP contribution in [0, 0.1) is 17.1 Å². The first kappa shape index (κ1) is 20.8. The van der Waals surface area contributed by atoms with Gasteiger partial charge in [-0.1, -0.05) is 60.7 Å². The van der Waals surface area contributed by atoms with Gasteiger partial charge in [0.05, 0.1) is 6.04 Å². The van der Waals surface area contributed by atoms with E-state index in [9.17, 15) is 14.4 Å². The third-order valence-corrected chi connectivity index (χ3v) is 4.51. The van der Waals surface area contributed by atoms with Crippen LogP contribution in [0.3, 0.4) is 0 Å². The Hall–Kier alpha value is -3.91. The molecule has 150 valence electrons. The highest BCUT2D eigenvalue weighted by Gasteiger charge is 2.14. The maximum atomic E-state index is 13.4. The summed E-state index contributed by atoms with van der Waals surface area (Å²) in [4.78, 5) is 12.6. The molecule has 5 heteroatoms. The van der Waals surface area contributed by atoms with E-state index >= 15 is 0 Å². The Labute approximate surface area is 175 Å². The second kappa shape index (κ2) is 10.0. The summed E-state index contributed by atoms with van der Waals surface area (Å²) in [7, 11) is 0. The van der Waals surface area contributed by atoms with Gasteiger partial charge in [0.2, 0.25) is 0 Å². The summed E-state index contributed by atoms with van der Waals surface area (Å²) in [6.45, 7) is 2.03. The highest BCUT2D eigenvalue weighted by Crippen LogP contribution is 2.23. The van der Waals surface area contributed by atoms with Gasteiger partial charge in [0.25, 0.3) is 5.91 Å². The number of rotatable bonds is 7. The van der Waals surface area contributed by atoms with Gasteiger partial charge in [0.15, 0.2) is 0 Å². The number of nitrogens with one attached hydrogen (secondary N) is 1. The molecule has 0 aromatic heterocycles. The minimum Gasteiger partial charge on any atom is -0.488 e. The van der Waals surface area contributed by atoms with Gasteiger partial charge in [-0.05, 0) is 42.3 Å². The van der Waals surface area contributed by atoms with Gasteiger partial charge < -0.3 is 10.1 Å². The third-order valence-electron chi connectivity index (χ3n) is 4.51. The van der Waals surface area contributed by atoms with Crippen molar-refractivity contribution in [3.63, 3.8) is 0 Å². The lowest BCUT2D eigenvalue weighted by molar-refractivity contribution is -0.117. The highest BCUT2D eigenvalue weighted by atomic mass is 19.1. The fourth-order valence-corrected chi connectivity index (χ4v) is 2.92. The van der Waals surface area contributed by atoms with Crippen LogP contribution in [0.15, 0.2) is 84.4 Å². The largest absolute Gasteiger partial charge is 0.488 e. The maximum Gasteiger partial charge on any atom is 0.262 e. The second-order valence-electron chi connectivity index (χ2n) is 6.73. The summed E-state index contributed by atoms with van der Waals surface area (Å²) in [6.07, 6.45) is 1.49. The number of halogens is 1. The van der Waals surface area contributed by atoms with Crippen molar-refractivity contribution >= 4 is 12.0 Å². The fraction of sp³-hybridized carbons (Fsp3) is 0.120. The number of carbonyl (C=O) groups excluding carboxylic acids is 1. The van der Waals surface area contributed by atoms with Crippen molar-refractivity contribution in [2.75, 3.05) is 0 Å². The van der Waals surface area contributed by atoms with Crippen LogP contribution in [0.4, 0.5) is 4.39 Å². The average molecular weight is 400 g/mol. The Morgan fingerprint density at radius 2 is 1.83 bits per heavy atom. The zero-order chi connectivity index (χ0) is 21.3. The Bertz CT molecular complexity index is 1090. The monoisotopic (exact) mass is 400 g/mol. The topological polar surface area (TPSA) is 62.1 Å². The minimum atomic E-state index is -0.464. The molecule has 0 aliphatic heterocycles. The molecule has 3 aromatic carbocycles. The number of para-hydroxylation sites is 1. The summed E-state index contributed by atoms with van der Waals surface area (Å²) in [6, 6.07) is 24.5. The molecule has 0 bridgehead atoms. The molecule has 0 radical (unpaired) electrons. The van der Waals surface area contributed by atoms with E-state index in [2.05, 4.69) is 5.32 Å². The SMILES string of the molecule is C[C@@H](NC(=O)/C(C#N)=C\c1ccccc1OCc1cccc(F)c1)c1ccccc1. The van der Waals surface area contributed by atoms with E-state index < -0.39 is 5.91 Å². The zero-order valence-corrected chi connectivity index (χ0v) is 16.5. The molecule has 0 saturated heterocycles. The predicted molar refractivity (Wildman–Crippen MR) is 114 cm³/mol. The van der Waals surface area contributed by atoms with Crippen LogP contribution in [0.5, 0.6) is 5.75 Å². The molecule has 0 spiro atoms. The summed E-state index contributed by atoms with van der Waals surface area (Å²) in [5, 5.41) is 12.3. The molecule has 1 N–H and O–H groups in total. The van der Waals surface area contributed by atoms with Crippen molar-refractivity contribution in [2.24, 2.45) is 0 Å². The first-order valence-electron chi connectivity index (χ1n) is 9.50. The van der Waals surface area contributed by atoms with Crippen LogP contribution < -0.4 is 10.1 Å². The minimum absolute atomic E-state index is 0.0282. The number of amides is 1. The molecule has 3 rings (SSSR count). The Balaban J connectivity index is 1.75. The van der Waals surface area contributed by atoms with Gasteiger partial charge in [-0.3, -0.25) is 4.79 Å². The number of benzene rings is 3. The fourth-order valence-electron chi connectivity index (χ4n) is 2.92. The molecule has 0 unspecified atom stereocenters. The van der Waals surface area contributed by atoms with Crippen molar-refractivity contribution in [2.45, 2.75) is 19.6 Å². The predicted octanol–water partition coefficient (Wildman–Crippen LogP) is 5.19. The maximum absolute atomic E-state index is 13.4. The Morgan fingerprint density at radius 3 is 2.57 bits per heavy atom. The van der Waals surface area contributed by atoms with E-state index in [0.717, 1.165) is 5.56 Å². The molecule has 0 heterocycles. The van der Waals surface area contributed by atoms with Gasteiger partial charge in [-0.15, -0.1) is 0 Å². The summed E-state index contributed by atoms with van der Waals surface area (Å²) < 4.78 is 19.2. The first-order valence-corrected chi connectivity index (χ1v) is 9.50. The third kappa shape index (κ3) is 5.55. The normalized spacial score (nSPS) is 12.0. The zero-order valence-electron chi connectivity index (χ0n) is 16.5. The number of nitrogens with zero attached hydrogens (tertiary/aromatic N) is 1. The van der Waals surface area contributed by atoms with Crippen molar-refractivity contribution in [1.29, 1.82) is 5.26 Å². The Kier molecular flexibility index (Phi) is 6.96. The van der Waals surface area contributed by atoms with E-state index in [4.69, 9.17) is 4.74 Å². The molecule has 1 amide bonds. The van der Waals surface area contributed by atoms with Gasteiger partial charge in [-0.2, -0.15) is 5.26 Å². The number of ether oxygens (including phenoxy) is 1. The summed E-state index contributed by atoms with van der Waals surface area (Å²) in [5.41, 5.74) is 2.19. The summed E-state index contributed by atoms with van der Waals surface area (Å²) >= 11 is 0. The number of hydrogen-bond donors (Lipinski definition) is 1. The number of hydrogen-bond acceptors (Lipinski definition) is 3. The molecule has 0 aliphatic carbocycles. The lowest BCUT2D eigenvalue weighted by atomic mass is 10.1. The van der Waals surface area contributed by atoms with Crippen molar-refractivity contribution in [3.8, 4) is 11.8 Å². The smallest absolute Gasteiger partial charge is 0.262 e. The molecule has 3 aromatic rings. The van der Waals surface area contributed by atoms with E-state index in [1.807, 2.05) is 43.3 Å². The van der Waals surface area contributed by atoms with Gasteiger partial charge in [0.1, 0.15) is 29.8 Å². The average Bonchev–Trinajstić information content (AvgIpc) is 2.77. The molecule has 4 nitrogen and oxygen atoms in total. The van der Waals surface area contributed by atoms with Crippen LogP contribution in [0.2, 0.25) is 0 Å². The number of carbonyl (C=O) groups is 1. The Morgan fingerprint density at radius 1 is 1.10 bits per heavy atom. The van der Waals surface area contributed by atoms with E-state index in [-0.39, 0.29) is 24.0 Å². The van der Waals surface area contributed by atoms with E-state index in [1.165, 1.54) is 18.2 Å². The van der Waals surface area contributed by atoms with Crippen LogP contribution in [0.1, 0.15) is 29.7 Å². The van der Waals surface area contributed by atoms with Gasteiger partial charge in [0, 0.05) is 5.56 Å². The van der Waals surface area contributed by atoms with Crippen molar-refractivity contribution < 1.29 is 13.9 Å². The molecular weight excluding hydrogens is 379 g/mol. The van der Waals surface area contributed by atoms with Crippen LogP contribution in [0.25, 0.3) is 6.08 Å².